The predicted molar refractivity (Wildman–Crippen MR) is 126 cm³/mol. The van der Waals surface area contributed by atoms with Gasteiger partial charge in [0.2, 0.25) is 0 Å². The Kier molecular flexibility index (Phi) is 6.51. The molecule has 0 radical (unpaired) electrons. The molecular weight excluding hydrogens is 418 g/mol. The molecule has 3 aromatic rings. The van der Waals surface area contributed by atoms with Crippen LogP contribution in [0.25, 0.3) is 0 Å². The second-order valence-corrected chi connectivity index (χ2v) is 9.31. The van der Waals surface area contributed by atoms with Crippen LogP contribution in [0.2, 0.25) is 0 Å². The van der Waals surface area contributed by atoms with Crippen molar-refractivity contribution in [3.05, 3.63) is 59.8 Å². The molecule has 0 bridgehead atoms. The van der Waals surface area contributed by atoms with Gasteiger partial charge < -0.3 is 14.2 Å². The summed E-state index contributed by atoms with van der Waals surface area (Å²) in [5, 5.41) is 12.9. The molecule has 1 unspecified atom stereocenters. The lowest BCUT2D eigenvalue weighted by atomic mass is 9.99. The van der Waals surface area contributed by atoms with E-state index in [1.807, 2.05) is 23.7 Å². The molecule has 176 valence electrons. The molecule has 1 aromatic carbocycles. The molecule has 0 aliphatic carbocycles. The third-order valence-corrected chi connectivity index (χ3v) is 6.60. The van der Waals surface area contributed by atoms with Gasteiger partial charge in [0.15, 0.2) is 11.6 Å². The minimum absolute atomic E-state index is 0.0662. The van der Waals surface area contributed by atoms with Crippen molar-refractivity contribution >= 4 is 11.6 Å². The van der Waals surface area contributed by atoms with Crippen molar-refractivity contribution in [2.75, 3.05) is 45.2 Å². The Morgan fingerprint density at radius 2 is 1.82 bits per heavy atom. The molecule has 9 heteroatoms. The predicted octanol–water partition coefficient (Wildman–Crippen LogP) is 3.02. The van der Waals surface area contributed by atoms with Gasteiger partial charge in [-0.2, -0.15) is 0 Å². The maximum Gasteiger partial charge on any atom is 0.289 e. The number of carbonyl (C=O) groups is 1. The Hall–Kier alpha value is -3.20. The maximum absolute atomic E-state index is 12.7. The van der Waals surface area contributed by atoms with Crippen molar-refractivity contribution in [2.24, 2.45) is 0 Å². The first-order valence-corrected chi connectivity index (χ1v) is 11.4. The molecule has 1 amide bonds. The van der Waals surface area contributed by atoms with Crippen LogP contribution in [0, 0.1) is 0 Å². The molecule has 4 rings (SSSR count). The van der Waals surface area contributed by atoms with E-state index in [0.717, 1.165) is 23.5 Å². The number of carbonyl (C=O) groups excluding carboxylic acids is 1. The number of piperazine rings is 1. The van der Waals surface area contributed by atoms with Gasteiger partial charge in [-0.15, -0.1) is 5.10 Å². The first-order valence-electron chi connectivity index (χ1n) is 11.4. The SMILES string of the molecule is CCC(C)(C)n1nnnc1C(c1ccc(N(C)C)cc1)N1CCN(C(=O)c2ccco2)CC1. The van der Waals surface area contributed by atoms with E-state index in [4.69, 9.17) is 4.42 Å². The summed E-state index contributed by atoms with van der Waals surface area (Å²) in [4.78, 5) is 19.0. The number of furan rings is 1. The van der Waals surface area contributed by atoms with Gasteiger partial charge in [0.1, 0.15) is 0 Å². The molecule has 2 aromatic heterocycles. The molecule has 1 aliphatic heterocycles. The Labute approximate surface area is 195 Å². The Bertz CT molecular complexity index is 1050. The molecular formula is C24H33N7O2. The van der Waals surface area contributed by atoms with Crippen LogP contribution >= 0.6 is 0 Å². The van der Waals surface area contributed by atoms with Crippen LogP contribution in [0.5, 0.6) is 0 Å². The summed E-state index contributed by atoms with van der Waals surface area (Å²) in [5.41, 5.74) is 2.06. The van der Waals surface area contributed by atoms with Gasteiger partial charge in [-0.25, -0.2) is 4.68 Å². The van der Waals surface area contributed by atoms with Crippen molar-refractivity contribution < 1.29 is 9.21 Å². The Morgan fingerprint density at radius 3 is 2.39 bits per heavy atom. The van der Waals surface area contributed by atoms with Crippen molar-refractivity contribution in [2.45, 2.75) is 38.8 Å². The first kappa shape index (κ1) is 23.0. The molecule has 9 nitrogen and oxygen atoms in total. The van der Waals surface area contributed by atoms with Gasteiger partial charge >= 0.3 is 0 Å². The fraction of sp³-hybridized carbons (Fsp3) is 0.500. The summed E-state index contributed by atoms with van der Waals surface area (Å²) in [6.45, 7) is 9.11. The molecule has 1 fully saturated rings. The normalized spacial score (nSPS) is 16.1. The number of hydrogen-bond acceptors (Lipinski definition) is 7. The summed E-state index contributed by atoms with van der Waals surface area (Å²) in [6, 6.07) is 11.9. The van der Waals surface area contributed by atoms with E-state index >= 15 is 0 Å². The molecule has 0 spiro atoms. The van der Waals surface area contributed by atoms with Gasteiger partial charge in [-0.1, -0.05) is 19.1 Å². The average molecular weight is 452 g/mol. The van der Waals surface area contributed by atoms with Crippen LogP contribution in [-0.2, 0) is 5.54 Å². The molecule has 33 heavy (non-hydrogen) atoms. The van der Waals surface area contributed by atoms with Gasteiger partial charge in [-0.05, 0) is 60.5 Å². The van der Waals surface area contributed by atoms with E-state index in [9.17, 15) is 4.79 Å². The highest BCUT2D eigenvalue weighted by molar-refractivity contribution is 5.91. The number of aromatic nitrogens is 4. The monoisotopic (exact) mass is 451 g/mol. The van der Waals surface area contributed by atoms with E-state index in [-0.39, 0.29) is 17.5 Å². The van der Waals surface area contributed by atoms with Crippen LogP contribution in [0.15, 0.2) is 47.1 Å². The lowest BCUT2D eigenvalue weighted by Crippen LogP contribution is -2.50. The van der Waals surface area contributed by atoms with Crippen LogP contribution in [-0.4, -0.2) is 76.2 Å². The third kappa shape index (κ3) is 4.64. The zero-order valence-electron chi connectivity index (χ0n) is 20.1. The van der Waals surface area contributed by atoms with Crippen molar-refractivity contribution in [3.8, 4) is 0 Å². The van der Waals surface area contributed by atoms with Gasteiger partial charge in [0.25, 0.3) is 5.91 Å². The lowest BCUT2D eigenvalue weighted by Gasteiger charge is -2.39. The number of rotatable bonds is 7. The third-order valence-electron chi connectivity index (χ3n) is 6.60. The van der Waals surface area contributed by atoms with Crippen LogP contribution < -0.4 is 4.90 Å². The van der Waals surface area contributed by atoms with E-state index < -0.39 is 0 Å². The Morgan fingerprint density at radius 1 is 1.12 bits per heavy atom. The number of hydrogen-bond donors (Lipinski definition) is 0. The lowest BCUT2D eigenvalue weighted by molar-refractivity contribution is 0.0555. The van der Waals surface area contributed by atoms with Crippen molar-refractivity contribution in [1.82, 2.24) is 30.0 Å². The minimum Gasteiger partial charge on any atom is -0.459 e. The van der Waals surface area contributed by atoms with Crippen LogP contribution in [0.3, 0.4) is 0 Å². The highest BCUT2D eigenvalue weighted by Gasteiger charge is 2.35. The quantitative estimate of drug-likeness (QED) is 0.546. The topological polar surface area (TPSA) is 83.5 Å². The minimum atomic E-state index is -0.211. The number of amides is 1. The molecule has 1 aliphatic rings. The zero-order valence-corrected chi connectivity index (χ0v) is 20.1. The first-order chi connectivity index (χ1) is 15.8. The van der Waals surface area contributed by atoms with Gasteiger partial charge in [0, 0.05) is 46.0 Å². The molecule has 1 saturated heterocycles. The summed E-state index contributed by atoms with van der Waals surface area (Å²) >= 11 is 0. The van der Waals surface area contributed by atoms with Gasteiger partial charge in [-0.3, -0.25) is 9.69 Å². The van der Waals surface area contributed by atoms with Crippen LogP contribution in [0.1, 0.15) is 55.2 Å². The highest BCUT2D eigenvalue weighted by Crippen LogP contribution is 2.32. The summed E-state index contributed by atoms with van der Waals surface area (Å²) in [7, 11) is 4.07. The smallest absolute Gasteiger partial charge is 0.289 e. The number of tetrazole rings is 1. The van der Waals surface area contributed by atoms with Gasteiger partial charge in [0.05, 0.1) is 17.8 Å². The fourth-order valence-corrected chi connectivity index (χ4v) is 4.16. The van der Waals surface area contributed by atoms with Crippen molar-refractivity contribution in [3.63, 3.8) is 0 Å². The maximum atomic E-state index is 12.7. The molecule has 0 N–H and O–H groups in total. The molecule has 0 saturated carbocycles. The largest absolute Gasteiger partial charge is 0.459 e. The number of benzene rings is 1. The Balaban J connectivity index is 1.63. The second-order valence-electron chi connectivity index (χ2n) is 9.31. The number of anilines is 1. The summed E-state index contributed by atoms with van der Waals surface area (Å²) < 4.78 is 7.26. The second kappa shape index (κ2) is 9.35. The highest BCUT2D eigenvalue weighted by atomic mass is 16.3. The zero-order chi connectivity index (χ0) is 23.6. The number of nitrogens with zero attached hydrogens (tertiary/aromatic N) is 7. The average Bonchev–Trinajstić information content (AvgIpc) is 3.53. The fourth-order valence-electron chi connectivity index (χ4n) is 4.16. The van der Waals surface area contributed by atoms with E-state index in [1.165, 1.54) is 6.26 Å². The molecule has 3 heterocycles. The van der Waals surface area contributed by atoms with E-state index in [1.54, 1.807) is 12.1 Å². The van der Waals surface area contributed by atoms with E-state index in [0.29, 0.717) is 31.9 Å². The molecule has 1 atom stereocenters. The standard InChI is InChI=1S/C24H33N7O2/c1-6-24(2,3)31-22(25-26-27-31)21(18-9-11-19(12-10-18)28(4)5)29-13-15-30(16-14-29)23(32)20-8-7-17-33-20/h7-12,17,21H,6,13-16H2,1-5H3. The summed E-state index contributed by atoms with van der Waals surface area (Å²) in [5.74, 6) is 1.14. The van der Waals surface area contributed by atoms with E-state index in [2.05, 4.69) is 70.4 Å². The summed E-state index contributed by atoms with van der Waals surface area (Å²) in [6.07, 6.45) is 2.44. The van der Waals surface area contributed by atoms with Crippen LogP contribution in [0.4, 0.5) is 5.69 Å². The van der Waals surface area contributed by atoms with Crippen molar-refractivity contribution in [1.29, 1.82) is 0 Å².